The molecular weight excluding hydrogens is 112 g/mol. The summed E-state index contributed by atoms with van der Waals surface area (Å²) < 4.78 is 0. The van der Waals surface area contributed by atoms with Gasteiger partial charge in [0, 0.05) is 6.54 Å². The third kappa shape index (κ3) is 5.05. The number of nitriles is 1. The van der Waals surface area contributed by atoms with E-state index in [2.05, 4.69) is 12.6 Å². The predicted molar refractivity (Wildman–Crippen MR) is 37.9 cm³/mol. The van der Waals surface area contributed by atoms with Gasteiger partial charge in [0.25, 0.3) is 0 Å². The Morgan fingerprint density at radius 3 is 2.67 bits per heavy atom. The first-order chi connectivity index (χ1) is 4.16. The quantitative estimate of drug-likeness (QED) is 0.415. The molecule has 0 N–H and O–H groups in total. The molecule has 0 aliphatic carbocycles. The summed E-state index contributed by atoms with van der Waals surface area (Å²) >= 11 is 0. The Morgan fingerprint density at radius 1 is 1.78 bits per heavy atom. The maximum atomic E-state index is 8.23. The molecule has 0 spiro atoms. The van der Waals surface area contributed by atoms with Crippen molar-refractivity contribution in [3.63, 3.8) is 0 Å². The van der Waals surface area contributed by atoms with Gasteiger partial charge in [-0.05, 0) is 14.0 Å². The second-order valence-corrected chi connectivity index (χ2v) is 2.29. The van der Waals surface area contributed by atoms with Crippen LogP contribution in [-0.2, 0) is 0 Å². The van der Waals surface area contributed by atoms with E-state index in [4.69, 9.17) is 5.26 Å². The minimum absolute atomic E-state index is 0.479. The van der Waals surface area contributed by atoms with E-state index in [0.29, 0.717) is 6.54 Å². The Hall–Kier alpha value is -0.810. The van der Waals surface area contributed by atoms with Crippen molar-refractivity contribution in [3.05, 3.63) is 12.2 Å². The summed E-state index contributed by atoms with van der Waals surface area (Å²) in [6.45, 7) is 6.97. The van der Waals surface area contributed by atoms with Crippen LogP contribution in [-0.4, -0.2) is 25.0 Å². The van der Waals surface area contributed by atoms with E-state index in [-0.39, 0.29) is 0 Å². The highest BCUT2D eigenvalue weighted by molar-refractivity contribution is 4.92. The van der Waals surface area contributed by atoms with Crippen molar-refractivity contribution in [1.82, 2.24) is 4.90 Å². The molecule has 0 rings (SSSR count). The molecule has 0 unspecified atom stereocenters. The molecule has 2 heteroatoms. The lowest BCUT2D eigenvalue weighted by atomic mass is 10.3. The number of hydrogen-bond acceptors (Lipinski definition) is 2. The molecule has 0 saturated heterocycles. The number of rotatable bonds is 3. The fourth-order valence-electron chi connectivity index (χ4n) is 0.637. The summed E-state index contributed by atoms with van der Waals surface area (Å²) in [7, 11) is 1.90. The zero-order valence-electron chi connectivity index (χ0n) is 6.02. The molecule has 0 fully saturated rings. The highest BCUT2D eigenvalue weighted by Gasteiger charge is 1.93. The van der Waals surface area contributed by atoms with Crippen LogP contribution in [0.3, 0.4) is 0 Å². The molecule has 0 aliphatic rings. The van der Waals surface area contributed by atoms with Crippen LogP contribution in [0.2, 0.25) is 0 Å². The van der Waals surface area contributed by atoms with E-state index >= 15 is 0 Å². The molecule has 0 bridgehead atoms. The van der Waals surface area contributed by atoms with Crippen molar-refractivity contribution in [2.75, 3.05) is 20.1 Å². The maximum absolute atomic E-state index is 8.23. The summed E-state index contributed by atoms with van der Waals surface area (Å²) in [5, 5.41) is 8.23. The van der Waals surface area contributed by atoms with Crippen LogP contribution in [0.25, 0.3) is 0 Å². The fourth-order valence-corrected chi connectivity index (χ4v) is 0.637. The third-order valence-electron chi connectivity index (χ3n) is 0.880. The van der Waals surface area contributed by atoms with Crippen molar-refractivity contribution in [2.24, 2.45) is 0 Å². The average molecular weight is 124 g/mol. The van der Waals surface area contributed by atoms with Crippen molar-refractivity contribution in [2.45, 2.75) is 6.92 Å². The van der Waals surface area contributed by atoms with Crippen molar-refractivity contribution in [1.29, 1.82) is 5.26 Å². The van der Waals surface area contributed by atoms with Crippen molar-refractivity contribution < 1.29 is 0 Å². The Bertz CT molecular complexity index is 132. The monoisotopic (exact) mass is 124 g/mol. The predicted octanol–water partition coefficient (Wildman–Crippen LogP) is 1.02. The molecule has 0 aliphatic heterocycles. The summed E-state index contributed by atoms with van der Waals surface area (Å²) in [5.74, 6) is 0. The Morgan fingerprint density at radius 2 is 2.33 bits per heavy atom. The lowest BCUT2D eigenvalue weighted by Crippen LogP contribution is -2.19. The molecule has 0 aromatic heterocycles. The van der Waals surface area contributed by atoms with Crippen molar-refractivity contribution >= 4 is 0 Å². The van der Waals surface area contributed by atoms with E-state index in [1.165, 1.54) is 0 Å². The van der Waals surface area contributed by atoms with Crippen LogP contribution in [0, 0.1) is 11.3 Å². The van der Waals surface area contributed by atoms with Gasteiger partial charge in [-0.1, -0.05) is 12.2 Å². The molecule has 0 atom stereocenters. The van der Waals surface area contributed by atoms with Gasteiger partial charge in [0.2, 0.25) is 0 Å². The van der Waals surface area contributed by atoms with E-state index in [1.807, 2.05) is 18.9 Å². The van der Waals surface area contributed by atoms with Crippen LogP contribution in [0.4, 0.5) is 0 Å². The highest BCUT2D eigenvalue weighted by Crippen LogP contribution is 1.89. The normalized spacial score (nSPS) is 9.11. The van der Waals surface area contributed by atoms with Gasteiger partial charge in [-0.25, -0.2) is 0 Å². The second-order valence-electron chi connectivity index (χ2n) is 2.29. The summed E-state index contributed by atoms with van der Waals surface area (Å²) in [4.78, 5) is 1.92. The van der Waals surface area contributed by atoms with E-state index in [9.17, 15) is 0 Å². The van der Waals surface area contributed by atoms with Crippen LogP contribution < -0.4 is 0 Å². The number of likely N-dealkylation sites (N-methyl/N-ethyl adjacent to an activating group) is 1. The van der Waals surface area contributed by atoms with Gasteiger partial charge in [-0.2, -0.15) is 5.26 Å². The first kappa shape index (κ1) is 8.19. The van der Waals surface area contributed by atoms with Gasteiger partial charge < -0.3 is 0 Å². The topological polar surface area (TPSA) is 27.0 Å². The van der Waals surface area contributed by atoms with E-state index < -0.39 is 0 Å². The Labute approximate surface area is 56.4 Å². The zero-order valence-corrected chi connectivity index (χ0v) is 6.02. The minimum atomic E-state index is 0.479. The first-order valence-corrected chi connectivity index (χ1v) is 2.86. The van der Waals surface area contributed by atoms with Gasteiger partial charge in [-0.3, -0.25) is 4.90 Å². The third-order valence-corrected chi connectivity index (χ3v) is 0.880. The molecule has 9 heavy (non-hydrogen) atoms. The zero-order chi connectivity index (χ0) is 7.28. The molecule has 0 amide bonds. The molecular formula is C7H12N2. The first-order valence-electron chi connectivity index (χ1n) is 2.86. The second kappa shape index (κ2) is 4.11. The van der Waals surface area contributed by atoms with E-state index in [1.54, 1.807) is 0 Å². The number of nitrogens with zero attached hydrogens (tertiary/aromatic N) is 2. The maximum Gasteiger partial charge on any atom is 0.0866 e. The van der Waals surface area contributed by atoms with Gasteiger partial charge in [0.05, 0.1) is 12.6 Å². The molecule has 0 saturated carbocycles. The average Bonchev–Trinajstić information content (AvgIpc) is 1.63. The molecule has 50 valence electrons. The number of hydrogen-bond donors (Lipinski definition) is 0. The fraction of sp³-hybridized carbons (Fsp3) is 0.571. The van der Waals surface area contributed by atoms with Crippen LogP contribution in [0.15, 0.2) is 12.2 Å². The van der Waals surface area contributed by atoms with Crippen molar-refractivity contribution in [3.8, 4) is 6.07 Å². The van der Waals surface area contributed by atoms with Gasteiger partial charge in [0.1, 0.15) is 0 Å². The Balaban J connectivity index is 3.40. The summed E-state index contributed by atoms with van der Waals surface area (Å²) in [6, 6.07) is 2.06. The van der Waals surface area contributed by atoms with Crippen LogP contribution >= 0.6 is 0 Å². The standard InChI is InChI=1S/C7H12N2/c1-7(2)6-9(3)5-4-8/h1,5-6H2,2-3H3. The SMILES string of the molecule is C=C(C)CN(C)CC#N. The lowest BCUT2D eigenvalue weighted by Gasteiger charge is -2.10. The van der Waals surface area contributed by atoms with Crippen LogP contribution in [0.5, 0.6) is 0 Å². The van der Waals surface area contributed by atoms with Gasteiger partial charge >= 0.3 is 0 Å². The smallest absolute Gasteiger partial charge is 0.0866 e. The molecule has 0 radical (unpaired) electrons. The molecule has 0 heterocycles. The minimum Gasteiger partial charge on any atom is -0.290 e. The largest absolute Gasteiger partial charge is 0.290 e. The highest BCUT2D eigenvalue weighted by atomic mass is 15.1. The molecule has 2 nitrogen and oxygen atoms in total. The summed E-state index contributed by atoms with van der Waals surface area (Å²) in [5.41, 5.74) is 1.09. The van der Waals surface area contributed by atoms with Crippen LogP contribution in [0.1, 0.15) is 6.92 Å². The Kier molecular flexibility index (Phi) is 3.74. The summed E-state index contributed by atoms with van der Waals surface area (Å²) in [6.07, 6.45) is 0. The molecule has 0 aromatic rings. The van der Waals surface area contributed by atoms with Gasteiger partial charge in [-0.15, -0.1) is 0 Å². The van der Waals surface area contributed by atoms with E-state index in [0.717, 1.165) is 12.1 Å². The molecule has 0 aromatic carbocycles. The van der Waals surface area contributed by atoms with Gasteiger partial charge in [0.15, 0.2) is 0 Å². The lowest BCUT2D eigenvalue weighted by molar-refractivity contribution is 0.408.